The number of hydrogen-bond donors (Lipinski definition) is 2. The number of amides is 2. The van der Waals surface area contributed by atoms with Crippen molar-refractivity contribution in [3.05, 3.63) is 78.0 Å². The third kappa shape index (κ3) is 6.00. The van der Waals surface area contributed by atoms with Crippen LogP contribution in [0.1, 0.15) is 49.2 Å². The van der Waals surface area contributed by atoms with E-state index in [1.54, 1.807) is 6.07 Å². The molecule has 1 aliphatic rings. The zero-order valence-electron chi connectivity index (χ0n) is 20.2. The Kier molecular flexibility index (Phi) is 7.58. The molecular formula is C28H35N4O2+. The first-order valence-electron chi connectivity index (χ1n) is 12.3. The number of quaternary nitrogens is 1. The highest BCUT2D eigenvalue weighted by Crippen LogP contribution is 2.19. The van der Waals surface area contributed by atoms with Gasteiger partial charge in [-0.1, -0.05) is 68.4 Å². The third-order valence-electron chi connectivity index (χ3n) is 6.60. The molecule has 0 spiro atoms. The zero-order chi connectivity index (χ0) is 24.0. The third-order valence-corrected chi connectivity index (χ3v) is 6.60. The number of nitrogens with zero attached hydrogens (tertiary/aromatic N) is 2. The van der Waals surface area contributed by atoms with E-state index in [4.69, 9.17) is 0 Å². The number of likely N-dealkylation sites (tertiary alicyclic amines) is 1. The maximum Gasteiger partial charge on any atom is 0.287 e. The molecule has 2 aromatic carbocycles. The van der Waals surface area contributed by atoms with Crippen LogP contribution < -0.4 is 10.7 Å². The van der Waals surface area contributed by atoms with Crippen molar-refractivity contribution in [2.45, 2.75) is 45.6 Å². The van der Waals surface area contributed by atoms with Crippen LogP contribution in [0.3, 0.4) is 0 Å². The highest BCUT2D eigenvalue weighted by atomic mass is 16.2. The second-order valence-electron chi connectivity index (χ2n) is 9.78. The summed E-state index contributed by atoms with van der Waals surface area (Å²) in [5.74, 6) is -0.168. The first-order valence-corrected chi connectivity index (χ1v) is 12.3. The van der Waals surface area contributed by atoms with Gasteiger partial charge in [-0.25, -0.2) is 15.0 Å². The molecule has 2 N–H and O–H groups in total. The van der Waals surface area contributed by atoms with Gasteiger partial charge in [0.25, 0.3) is 11.8 Å². The van der Waals surface area contributed by atoms with Gasteiger partial charge in [-0.3, -0.25) is 9.59 Å². The molecule has 1 aromatic heterocycles. The lowest BCUT2D eigenvalue weighted by Crippen LogP contribution is -2.63. The summed E-state index contributed by atoms with van der Waals surface area (Å²) in [7, 11) is 0. The molecule has 0 unspecified atom stereocenters. The van der Waals surface area contributed by atoms with E-state index in [1.807, 2.05) is 36.4 Å². The second-order valence-corrected chi connectivity index (χ2v) is 9.78. The number of hydrogen-bond acceptors (Lipinski definition) is 3. The van der Waals surface area contributed by atoms with E-state index >= 15 is 0 Å². The Morgan fingerprint density at radius 1 is 0.941 bits per heavy atom. The summed E-state index contributed by atoms with van der Waals surface area (Å²) < 4.78 is 0.576. The Hall–Kier alpha value is -3.25. The number of benzene rings is 2. The minimum Gasteiger partial charge on any atom is -0.339 e. The fourth-order valence-corrected chi connectivity index (χ4v) is 4.76. The molecular weight excluding hydrogens is 424 g/mol. The largest absolute Gasteiger partial charge is 0.339 e. The Morgan fingerprint density at radius 2 is 1.65 bits per heavy atom. The minimum atomic E-state index is -0.604. The summed E-state index contributed by atoms with van der Waals surface area (Å²) in [4.78, 5) is 31.0. The summed E-state index contributed by atoms with van der Waals surface area (Å²) in [6, 6.07) is 21.1. The molecule has 34 heavy (non-hydrogen) atoms. The highest BCUT2D eigenvalue weighted by Gasteiger charge is 2.36. The Labute approximate surface area is 201 Å². The topological polar surface area (TPSA) is 71.1 Å². The minimum absolute atomic E-state index is 0.113. The van der Waals surface area contributed by atoms with E-state index in [0.29, 0.717) is 16.7 Å². The van der Waals surface area contributed by atoms with Crippen molar-refractivity contribution in [2.75, 3.05) is 19.6 Å². The molecule has 3 aromatic rings. The molecule has 0 bridgehead atoms. The number of aromatic nitrogens is 1. The smallest absolute Gasteiger partial charge is 0.287 e. The first-order chi connectivity index (χ1) is 16.4. The molecule has 2 heterocycles. The van der Waals surface area contributed by atoms with Crippen LogP contribution in [0.25, 0.3) is 10.9 Å². The molecule has 6 nitrogen and oxygen atoms in total. The van der Waals surface area contributed by atoms with Gasteiger partial charge in [0, 0.05) is 24.6 Å². The van der Waals surface area contributed by atoms with Crippen molar-refractivity contribution in [3.63, 3.8) is 0 Å². The number of rotatable bonds is 9. The number of carbonyl (C=O) groups excluding carboxylic acids is 2. The SMILES string of the molecule is CC(C)C[C@H](NC(=O)c1ccc2ccccc2n1)C(=O)N[N+]1(CCc2ccccc2)CCCC1. The standard InChI is InChI=1S/C28H34N4O2/c1-21(2)20-26(30-27(33)25-15-14-23-12-6-7-13-24(23)29-25)28(34)31-32(17-8-9-18-32)19-16-22-10-4-3-5-11-22/h3-7,10-15,21,26H,8-9,16-20H2,1-2H3,(H-,30,31,33,34)/p+1/t26-/m0/s1. The van der Waals surface area contributed by atoms with Gasteiger partial charge >= 0.3 is 0 Å². The molecule has 178 valence electrons. The maximum atomic E-state index is 13.5. The van der Waals surface area contributed by atoms with Gasteiger partial charge in [-0.15, -0.1) is 0 Å². The molecule has 1 saturated heterocycles. The Balaban J connectivity index is 1.46. The van der Waals surface area contributed by atoms with Crippen molar-refractivity contribution >= 4 is 22.7 Å². The fraction of sp³-hybridized carbons (Fsp3) is 0.393. The number of pyridine rings is 1. The summed E-state index contributed by atoms with van der Waals surface area (Å²) in [6.45, 7) is 6.83. The monoisotopic (exact) mass is 459 g/mol. The lowest BCUT2D eigenvalue weighted by atomic mass is 10.0. The molecule has 2 amide bonds. The molecule has 0 radical (unpaired) electrons. The van der Waals surface area contributed by atoms with E-state index in [1.165, 1.54) is 5.56 Å². The average Bonchev–Trinajstić information content (AvgIpc) is 3.31. The van der Waals surface area contributed by atoms with Crippen molar-refractivity contribution < 1.29 is 14.2 Å². The lowest BCUT2D eigenvalue weighted by Gasteiger charge is -2.35. The van der Waals surface area contributed by atoms with Crippen LogP contribution in [0.2, 0.25) is 0 Å². The fourth-order valence-electron chi connectivity index (χ4n) is 4.76. The van der Waals surface area contributed by atoms with Gasteiger partial charge < -0.3 is 5.32 Å². The van der Waals surface area contributed by atoms with Gasteiger partial charge in [-0.05, 0) is 30.0 Å². The van der Waals surface area contributed by atoms with Gasteiger partial charge in [0.2, 0.25) is 0 Å². The predicted molar refractivity (Wildman–Crippen MR) is 135 cm³/mol. The Morgan fingerprint density at radius 3 is 2.38 bits per heavy atom. The zero-order valence-corrected chi connectivity index (χ0v) is 20.2. The highest BCUT2D eigenvalue weighted by molar-refractivity contribution is 5.97. The summed E-state index contributed by atoms with van der Waals surface area (Å²) in [5.41, 5.74) is 5.69. The molecule has 1 fully saturated rings. The first kappa shape index (κ1) is 23.9. The lowest BCUT2D eigenvalue weighted by molar-refractivity contribution is -0.950. The van der Waals surface area contributed by atoms with Crippen molar-refractivity contribution in [1.82, 2.24) is 15.7 Å². The Bertz CT molecular complexity index is 1120. The molecule has 1 aliphatic heterocycles. The molecule has 0 saturated carbocycles. The summed E-state index contributed by atoms with van der Waals surface area (Å²) >= 11 is 0. The van der Waals surface area contributed by atoms with Gasteiger partial charge in [-0.2, -0.15) is 0 Å². The van der Waals surface area contributed by atoms with Crippen LogP contribution >= 0.6 is 0 Å². The molecule has 4 rings (SSSR count). The van der Waals surface area contributed by atoms with Crippen LogP contribution in [0.5, 0.6) is 0 Å². The predicted octanol–water partition coefficient (Wildman–Crippen LogP) is 4.26. The maximum absolute atomic E-state index is 13.5. The summed E-state index contributed by atoms with van der Waals surface area (Å²) in [5, 5.41) is 3.95. The van der Waals surface area contributed by atoms with Gasteiger partial charge in [0.15, 0.2) is 0 Å². The van der Waals surface area contributed by atoms with E-state index in [0.717, 1.165) is 49.8 Å². The van der Waals surface area contributed by atoms with Crippen molar-refractivity contribution in [3.8, 4) is 0 Å². The van der Waals surface area contributed by atoms with Crippen LogP contribution in [-0.2, 0) is 11.2 Å². The van der Waals surface area contributed by atoms with Crippen molar-refractivity contribution in [2.24, 2.45) is 5.92 Å². The van der Waals surface area contributed by atoms with E-state index in [-0.39, 0.29) is 17.7 Å². The molecule has 0 aliphatic carbocycles. The number of fused-ring (bicyclic) bond motifs is 1. The summed E-state index contributed by atoms with van der Waals surface area (Å²) in [6.07, 6.45) is 3.67. The molecule has 6 heteroatoms. The van der Waals surface area contributed by atoms with Crippen LogP contribution in [0, 0.1) is 5.92 Å². The van der Waals surface area contributed by atoms with E-state index in [9.17, 15) is 9.59 Å². The average molecular weight is 460 g/mol. The van der Waals surface area contributed by atoms with E-state index in [2.05, 4.69) is 53.8 Å². The van der Waals surface area contributed by atoms with Crippen molar-refractivity contribution in [1.29, 1.82) is 0 Å². The van der Waals surface area contributed by atoms with Gasteiger partial charge in [0.05, 0.1) is 5.52 Å². The number of carbonyl (C=O) groups is 2. The molecule has 1 atom stereocenters. The van der Waals surface area contributed by atoms with Crippen LogP contribution in [0.15, 0.2) is 66.7 Å². The van der Waals surface area contributed by atoms with Crippen LogP contribution in [-0.4, -0.2) is 47.1 Å². The van der Waals surface area contributed by atoms with Crippen LogP contribution in [0.4, 0.5) is 0 Å². The van der Waals surface area contributed by atoms with Gasteiger partial charge in [0.1, 0.15) is 31.4 Å². The second kappa shape index (κ2) is 10.8. The normalized spacial score (nSPS) is 15.9. The van der Waals surface area contributed by atoms with E-state index < -0.39 is 6.04 Å². The number of nitrogens with one attached hydrogen (secondary N) is 2. The quantitative estimate of drug-likeness (QED) is 0.470. The number of para-hydroxylation sites is 1.